The van der Waals surface area contributed by atoms with E-state index in [-0.39, 0.29) is 0 Å². The summed E-state index contributed by atoms with van der Waals surface area (Å²) < 4.78 is 10.8. The van der Waals surface area contributed by atoms with E-state index in [0.29, 0.717) is 0 Å². The summed E-state index contributed by atoms with van der Waals surface area (Å²) in [4.78, 5) is 3.72. The van der Waals surface area contributed by atoms with Crippen molar-refractivity contribution in [2.24, 2.45) is 0 Å². The van der Waals surface area contributed by atoms with Gasteiger partial charge in [-0.3, -0.25) is 4.90 Å². The van der Waals surface area contributed by atoms with Crippen molar-refractivity contribution in [2.75, 3.05) is 19.8 Å². The van der Waals surface area contributed by atoms with Crippen molar-refractivity contribution in [1.29, 1.82) is 0 Å². The van der Waals surface area contributed by atoms with Gasteiger partial charge < -0.3 is 9.15 Å². The van der Waals surface area contributed by atoms with Gasteiger partial charge in [-0.15, -0.1) is 11.3 Å². The number of nitrogens with zero attached hydrogens (tertiary/aromatic N) is 1. The summed E-state index contributed by atoms with van der Waals surface area (Å²) in [6.07, 6.45) is 1.72. The monoisotopic (exact) mass is 265 g/mol. The summed E-state index contributed by atoms with van der Waals surface area (Å²) in [5, 5.41) is 2.11. The highest BCUT2D eigenvalue weighted by Gasteiger charge is 2.09. The molecule has 18 heavy (non-hydrogen) atoms. The van der Waals surface area contributed by atoms with E-state index in [9.17, 15) is 0 Å². The first kappa shape index (κ1) is 13.3. The van der Waals surface area contributed by atoms with Crippen LogP contribution in [0, 0.1) is 0 Å². The number of hydrogen-bond acceptors (Lipinski definition) is 4. The van der Waals surface area contributed by atoms with Gasteiger partial charge in [-0.1, -0.05) is 6.07 Å². The molecule has 4 heteroatoms. The van der Waals surface area contributed by atoms with Crippen molar-refractivity contribution in [1.82, 2.24) is 4.90 Å². The van der Waals surface area contributed by atoms with E-state index in [4.69, 9.17) is 9.15 Å². The molecule has 0 aliphatic heterocycles. The second kappa shape index (κ2) is 7.36. The van der Waals surface area contributed by atoms with Crippen LogP contribution in [0.4, 0.5) is 0 Å². The molecule has 0 aliphatic carbocycles. The summed E-state index contributed by atoms with van der Waals surface area (Å²) >= 11 is 1.79. The van der Waals surface area contributed by atoms with Crippen molar-refractivity contribution in [2.45, 2.75) is 20.0 Å². The second-order valence-electron chi connectivity index (χ2n) is 4.07. The predicted octanol–water partition coefficient (Wildman–Crippen LogP) is 3.38. The fourth-order valence-corrected chi connectivity index (χ4v) is 2.54. The molecule has 0 saturated carbocycles. The highest BCUT2D eigenvalue weighted by molar-refractivity contribution is 7.09. The third kappa shape index (κ3) is 4.29. The first-order valence-corrected chi connectivity index (χ1v) is 7.11. The Morgan fingerprint density at radius 3 is 2.89 bits per heavy atom. The van der Waals surface area contributed by atoms with Crippen LogP contribution in [0.1, 0.15) is 17.6 Å². The Hall–Kier alpha value is -1.10. The van der Waals surface area contributed by atoms with Crippen molar-refractivity contribution in [3.8, 4) is 0 Å². The zero-order valence-electron chi connectivity index (χ0n) is 10.7. The fourth-order valence-electron chi connectivity index (χ4n) is 1.80. The van der Waals surface area contributed by atoms with Gasteiger partial charge in [-0.05, 0) is 30.5 Å². The van der Waals surface area contributed by atoms with Gasteiger partial charge in [0, 0.05) is 24.6 Å². The van der Waals surface area contributed by atoms with Crippen LogP contribution >= 0.6 is 11.3 Å². The zero-order chi connectivity index (χ0) is 12.6. The predicted molar refractivity (Wildman–Crippen MR) is 73.6 cm³/mol. The molecule has 0 aliphatic rings. The number of rotatable bonds is 8. The van der Waals surface area contributed by atoms with Crippen LogP contribution in [0.15, 0.2) is 40.3 Å². The molecule has 0 aromatic carbocycles. The molecule has 2 aromatic heterocycles. The maximum absolute atomic E-state index is 5.43. The first-order valence-electron chi connectivity index (χ1n) is 6.23. The Kier molecular flexibility index (Phi) is 5.45. The highest BCUT2D eigenvalue weighted by atomic mass is 32.1. The minimum Gasteiger partial charge on any atom is -0.468 e. The van der Waals surface area contributed by atoms with E-state index >= 15 is 0 Å². The van der Waals surface area contributed by atoms with Gasteiger partial charge in [0.05, 0.1) is 19.4 Å². The Balaban J connectivity index is 1.89. The largest absolute Gasteiger partial charge is 0.468 e. The van der Waals surface area contributed by atoms with Gasteiger partial charge in [0.25, 0.3) is 0 Å². The van der Waals surface area contributed by atoms with Gasteiger partial charge in [0.1, 0.15) is 5.76 Å². The molecule has 2 rings (SSSR count). The lowest BCUT2D eigenvalue weighted by atomic mass is 10.3. The smallest absolute Gasteiger partial charge is 0.117 e. The summed E-state index contributed by atoms with van der Waals surface area (Å²) in [7, 11) is 0. The fraction of sp³-hybridized carbons (Fsp3) is 0.429. The summed E-state index contributed by atoms with van der Waals surface area (Å²) in [5.41, 5.74) is 0. The van der Waals surface area contributed by atoms with Gasteiger partial charge in [-0.25, -0.2) is 0 Å². The Morgan fingerprint density at radius 2 is 2.22 bits per heavy atom. The molecule has 0 unspecified atom stereocenters. The Labute approximate surface area is 112 Å². The molecule has 0 radical (unpaired) electrons. The average molecular weight is 265 g/mol. The van der Waals surface area contributed by atoms with E-state index in [1.807, 2.05) is 19.1 Å². The molecule has 0 spiro atoms. The molecular formula is C14H19NO2S. The molecule has 2 heterocycles. The molecule has 0 fully saturated rings. The number of ether oxygens (including phenoxy) is 1. The summed E-state index contributed by atoms with van der Waals surface area (Å²) in [5.74, 6) is 1.00. The van der Waals surface area contributed by atoms with E-state index < -0.39 is 0 Å². The van der Waals surface area contributed by atoms with Crippen LogP contribution in [0.2, 0.25) is 0 Å². The van der Waals surface area contributed by atoms with E-state index in [0.717, 1.165) is 38.6 Å². The normalized spacial score (nSPS) is 11.2. The van der Waals surface area contributed by atoms with Crippen LogP contribution < -0.4 is 0 Å². The lowest BCUT2D eigenvalue weighted by molar-refractivity contribution is 0.105. The molecule has 0 bridgehead atoms. The number of hydrogen-bond donors (Lipinski definition) is 0. The Bertz CT molecular complexity index is 375. The lowest BCUT2D eigenvalue weighted by Crippen LogP contribution is -2.26. The molecular weight excluding hydrogens is 246 g/mol. The lowest BCUT2D eigenvalue weighted by Gasteiger charge is -2.20. The maximum Gasteiger partial charge on any atom is 0.117 e. The van der Waals surface area contributed by atoms with E-state index in [2.05, 4.69) is 22.4 Å². The van der Waals surface area contributed by atoms with Crippen molar-refractivity contribution in [3.05, 3.63) is 46.5 Å². The molecule has 0 N–H and O–H groups in total. The van der Waals surface area contributed by atoms with Crippen LogP contribution in [0.3, 0.4) is 0 Å². The topological polar surface area (TPSA) is 25.6 Å². The van der Waals surface area contributed by atoms with Gasteiger partial charge in [-0.2, -0.15) is 0 Å². The number of furan rings is 1. The average Bonchev–Trinajstić information content (AvgIpc) is 3.02. The molecule has 0 saturated heterocycles. The second-order valence-corrected chi connectivity index (χ2v) is 5.10. The summed E-state index contributed by atoms with van der Waals surface area (Å²) in [6.45, 7) is 6.27. The molecule has 98 valence electrons. The third-order valence-electron chi connectivity index (χ3n) is 2.68. The summed E-state index contributed by atoms with van der Waals surface area (Å²) in [6, 6.07) is 8.21. The molecule has 3 nitrogen and oxygen atoms in total. The van der Waals surface area contributed by atoms with E-state index in [1.165, 1.54) is 4.88 Å². The van der Waals surface area contributed by atoms with Crippen LogP contribution in [-0.2, 0) is 17.8 Å². The van der Waals surface area contributed by atoms with E-state index in [1.54, 1.807) is 17.6 Å². The molecule has 0 atom stereocenters. The number of thiophene rings is 1. The zero-order valence-corrected chi connectivity index (χ0v) is 11.5. The van der Waals surface area contributed by atoms with Crippen molar-refractivity contribution in [3.63, 3.8) is 0 Å². The SMILES string of the molecule is CCOCCN(Cc1ccco1)Cc1cccs1. The van der Waals surface area contributed by atoms with Gasteiger partial charge >= 0.3 is 0 Å². The van der Waals surface area contributed by atoms with Crippen molar-refractivity contribution < 1.29 is 9.15 Å². The standard InChI is InChI=1S/C14H19NO2S/c1-2-16-9-7-15(11-13-5-3-8-17-13)12-14-6-4-10-18-14/h3-6,8,10H,2,7,9,11-12H2,1H3. The van der Waals surface area contributed by atoms with Gasteiger partial charge in [0.2, 0.25) is 0 Å². The Morgan fingerprint density at radius 1 is 1.28 bits per heavy atom. The minimum absolute atomic E-state index is 0.766. The van der Waals surface area contributed by atoms with Gasteiger partial charge in [0.15, 0.2) is 0 Å². The van der Waals surface area contributed by atoms with Crippen molar-refractivity contribution >= 4 is 11.3 Å². The first-order chi connectivity index (χ1) is 8.88. The quantitative estimate of drug-likeness (QED) is 0.684. The molecule has 0 amide bonds. The highest BCUT2D eigenvalue weighted by Crippen LogP contribution is 2.14. The maximum atomic E-state index is 5.43. The third-order valence-corrected chi connectivity index (χ3v) is 3.54. The van der Waals surface area contributed by atoms with Crippen LogP contribution in [0.25, 0.3) is 0 Å². The van der Waals surface area contributed by atoms with Crippen LogP contribution in [-0.4, -0.2) is 24.7 Å². The minimum atomic E-state index is 0.766. The van der Waals surface area contributed by atoms with Crippen LogP contribution in [0.5, 0.6) is 0 Å². The molecule has 2 aromatic rings.